The highest BCUT2D eigenvalue weighted by atomic mass is 16.3. The molecule has 1 atom stereocenters. The predicted octanol–water partition coefficient (Wildman–Crippen LogP) is 3.22. The number of rotatable bonds is 4. The molecule has 16 heavy (non-hydrogen) atoms. The van der Waals surface area contributed by atoms with Crippen molar-refractivity contribution in [1.29, 1.82) is 0 Å². The molecule has 0 aliphatic heterocycles. The Labute approximate surface area is 96.1 Å². The zero-order valence-electron chi connectivity index (χ0n) is 9.52. The van der Waals surface area contributed by atoms with Crippen LogP contribution in [-0.4, -0.2) is 0 Å². The molecule has 2 heteroatoms. The number of benzene rings is 1. The quantitative estimate of drug-likeness (QED) is 0.850. The highest BCUT2D eigenvalue weighted by Gasteiger charge is 2.11. The van der Waals surface area contributed by atoms with Gasteiger partial charge < -0.3 is 10.2 Å². The molecule has 1 aromatic heterocycles. The molecule has 1 aromatic carbocycles. The van der Waals surface area contributed by atoms with Crippen molar-refractivity contribution in [2.24, 2.45) is 5.73 Å². The van der Waals surface area contributed by atoms with Gasteiger partial charge in [-0.1, -0.05) is 30.3 Å². The van der Waals surface area contributed by atoms with E-state index in [1.54, 1.807) is 6.26 Å². The Morgan fingerprint density at radius 3 is 2.56 bits per heavy atom. The largest absolute Gasteiger partial charge is 0.467 e. The Morgan fingerprint density at radius 2 is 1.94 bits per heavy atom. The van der Waals surface area contributed by atoms with Crippen molar-refractivity contribution in [1.82, 2.24) is 0 Å². The van der Waals surface area contributed by atoms with E-state index >= 15 is 0 Å². The zero-order chi connectivity index (χ0) is 11.4. The zero-order valence-corrected chi connectivity index (χ0v) is 9.52. The fraction of sp³-hybridized carbons (Fsp3) is 0.286. The first-order chi connectivity index (χ1) is 7.77. The topological polar surface area (TPSA) is 39.2 Å². The average Bonchev–Trinajstić information content (AvgIpc) is 2.74. The van der Waals surface area contributed by atoms with E-state index < -0.39 is 0 Å². The van der Waals surface area contributed by atoms with E-state index in [4.69, 9.17) is 10.2 Å². The highest BCUT2D eigenvalue weighted by molar-refractivity contribution is 5.19. The summed E-state index contributed by atoms with van der Waals surface area (Å²) in [5, 5.41) is 0. The summed E-state index contributed by atoms with van der Waals surface area (Å²) in [6.45, 7) is 2.03. The standard InChI is InChI=1S/C14H17NO/c1-11-9-10-16-14(11)13(15)8-7-12-5-3-2-4-6-12/h2-6,9-10,13H,7-8,15H2,1H3. The van der Waals surface area contributed by atoms with Crippen molar-refractivity contribution in [3.05, 3.63) is 59.5 Å². The molecule has 2 nitrogen and oxygen atoms in total. The minimum absolute atomic E-state index is 0.00444. The second-order valence-electron chi connectivity index (χ2n) is 4.10. The number of aryl methyl sites for hydroxylation is 2. The normalized spacial score (nSPS) is 12.6. The van der Waals surface area contributed by atoms with Gasteiger partial charge in [0.05, 0.1) is 12.3 Å². The monoisotopic (exact) mass is 215 g/mol. The van der Waals surface area contributed by atoms with Gasteiger partial charge in [-0.25, -0.2) is 0 Å². The van der Waals surface area contributed by atoms with Gasteiger partial charge >= 0.3 is 0 Å². The molecule has 1 unspecified atom stereocenters. The van der Waals surface area contributed by atoms with Crippen molar-refractivity contribution >= 4 is 0 Å². The van der Waals surface area contributed by atoms with Crippen LogP contribution in [0.3, 0.4) is 0 Å². The van der Waals surface area contributed by atoms with Crippen LogP contribution in [0.1, 0.15) is 29.3 Å². The van der Waals surface area contributed by atoms with E-state index in [1.807, 2.05) is 19.1 Å². The van der Waals surface area contributed by atoms with Crippen molar-refractivity contribution in [2.75, 3.05) is 0 Å². The lowest BCUT2D eigenvalue weighted by molar-refractivity contribution is 0.449. The summed E-state index contributed by atoms with van der Waals surface area (Å²) in [4.78, 5) is 0. The number of hydrogen-bond donors (Lipinski definition) is 1. The van der Waals surface area contributed by atoms with Crippen LogP contribution >= 0.6 is 0 Å². The molecule has 0 radical (unpaired) electrons. The fourth-order valence-electron chi connectivity index (χ4n) is 1.86. The first-order valence-electron chi connectivity index (χ1n) is 5.61. The summed E-state index contributed by atoms with van der Waals surface area (Å²) in [5.41, 5.74) is 8.56. The summed E-state index contributed by atoms with van der Waals surface area (Å²) in [6.07, 6.45) is 3.60. The third kappa shape index (κ3) is 2.52. The lowest BCUT2D eigenvalue weighted by Gasteiger charge is -2.09. The molecule has 2 aromatic rings. The van der Waals surface area contributed by atoms with Crippen LogP contribution in [-0.2, 0) is 6.42 Å². The van der Waals surface area contributed by atoms with E-state index in [0.717, 1.165) is 24.2 Å². The first kappa shape index (κ1) is 11.0. The molecule has 0 aliphatic carbocycles. The van der Waals surface area contributed by atoms with Crippen LogP contribution in [0.25, 0.3) is 0 Å². The molecule has 0 spiro atoms. The van der Waals surface area contributed by atoms with Gasteiger partial charge in [-0.2, -0.15) is 0 Å². The van der Waals surface area contributed by atoms with E-state index in [1.165, 1.54) is 5.56 Å². The summed E-state index contributed by atoms with van der Waals surface area (Å²) in [6, 6.07) is 12.3. The van der Waals surface area contributed by atoms with Gasteiger partial charge in [-0.15, -0.1) is 0 Å². The first-order valence-corrected chi connectivity index (χ1v) is 5.61. The predicted molar refractivity (Wildman–Crippen MR) is 65.1 cm³/mol. The van der Waals surface area contributed by atoms with Gasteiger partial charge in [-0.05, 0) is 37.0 Å². The van der Waals surface area contributed by atoms with Gasteiger partial charge in [0, 0.05) is 0 Å². The van der Waals surface area contributed by atoms with Gasteiger partial charge in [0.15, 0.2) is 0 Å². The van der Waals surface area contributed by atoms with Crippen LogP contribution in [0.4, 0.5) is 0 Å². The minimum atomic E-state index is -0.00444. The average molecular weight is 215 g/mol. The van der Waals surface area contributed by atoms with Crippen molar-refractivity contribution in [3.8, 4) is 0 Å². The van der Waals surface area contributed by atoms with Gasteiger partial charge in [0.25, 0.3) is 0 Å². The minimum Gasteiger partial charge on any atom is -0.467 e. The Morgan fingerprint density at radius 1 is 1.19 bits per heavy atom. The molecule has 0 saturated heterocycles. The Balaban J connectivity index is 1.94. The Bertz CT molecular complexity index is 433. The maximum absolute atomic E-state index is 6.09. The summed E-state index contributed by atoms with van der Waals surface area (Å²) >= 11 is 0. The molecule has 2 rings (SSSR count). The van der Waals surface area contributed by atoms with Crippen LogP contribution in [0.15, 0.2) is 47.1 Å². The van der Waals surface area contributed by atoms with Crippen LogP contribution in [0.2, 0.25) is 0 Å². The molecule has 0 aliphatic rings. The molecular formula is C14H17NO. The summed E-state index contributed by atoms with van der Waals surface area (Å²) < 4.78 is 5.39. The highest BCUT2D eigenvalue weighted by Crippen LogP contribution is 2.20. The van der Waals surface area contributed by atoms with Crippen LogP contribution < -0.4 is 5.73 Å². The van der Waals surface area contributed by atoms with E-state index in [9.17, 15) is 0 Å². The van der Waals surface area contributed by atoms with Gasteiger partial charge in [0.2, 0.25) is 0 Å². The lowest BCUT2D eigenvalue weighted by Crippen LogP contribution is -2.11. The van der Waals surface area contributed by atoms with Gasteiger partial charge in [-0.3, -0.25) is 0 Å². The summed E-state index contributed by atoms with van der Waals surface area (Å²) in [5.74, 6) is 0.913. The SMILES string of the molecule is Cc1ccoc1C(N)CCc1ccccc1. The number of hydrogen-bond acceptors (Lipinski definition) is 2. The summed E-state index contributed by atoms with van der Waals surface area (Å²) in [7, 11) is 0. The molecule has 84 valence electrons. The Kier molecular flexibility index (Phi) is 3.42. The van der Waals surface area contributed by atoms with E-state index in [2.05, 4.69) is 24.3 Å². The van der Waals surface area contributed by atoms with Crippen molar-refractivity contribution in [3.63, 3.8) is 0 Å². The van der Waals surface area contributed by atoms with Crippen LogP contribution in [0, 0.1) is 6.92 Å². The maximum atomic E-state index is 6.09. The molecule has 0 fully saturated rings. The third-order valence-corrected chi connectivity index (χ3v) is 2.83. The Hall–Kier alpha value is -1.54. The van der Waals surface area contributed by atoms with E-state index in [0.29, 0.717) is 0 Å². The fourth-order valence-corrected chi connectivity index (χ4v) is 1.86. The smallest absolute Gasteiger partial charge is 0.123 e. The second-order valence-corrected chi connectivity index (χ2v) is 4.10. The van der Waals surface area contributed by atoms with E-state index in [-0.39, 0.29) is 6.04 Å². The molecular weight excluding hydrogens is 198 g/mol. The third-order valence-electron chi connectivity index (χ3n) is 2.83. The molecule has 2 N–H and O–H groups in total. The lowest BCUT2D eigenvalue weighted by atomic mass is 10.0. The molecule has 0 amide bonds. The second kappa shape index (κ2) is 4.99. The molecule has 0 bridgehead atoms. The van der Waals surface area contributed by atoms with Crippen LogP contribution in [0.5, 0.6) is 0 Å². The molecule has 1 heterocycles. The maximum Gasteiger partial charge on any atom is 0.123 e. The van der Waals surface area contributed by atoms with Gasteiger partial charge in [0.1, 0.15) is 5.76 Å². The molecule has 0 saturated carbocycles. The van der Waals surface area contributed by atoms with Crippen molar-refractivity contribution in [2.45, 2.75) is 25.8 Å². The number of nitrogens with two attached hydrogens (primary N) is 1. The van der Waals surface area contributed by atoms with Crippen molar-refractivity contribution < 1.29 is 4.42 Å². The number of furan rings is 1.